The Morgan fingerprint density at radius 3 is 2.48 bits per heavy atom. The van der Waals surface area contributed by atoms with Crippen molar-refractivity contribution in [1.29, 1.82) is 0 Å². The van der Waals surface area contributed by atoms with Crippen molar-refractivity contribution in [3.05, 3.63) is 115 Å². The van der Waals surface area contributed by atoms with Crippen LogP contribution in [0.4, 0.5) is 24.7 Å². The number of para-hydroxylation sites is 1. The van der Waals surface area contributed by atoms with Gasteiger partial charge in [-0.25, -0.2) is 9.97 Å². The third-order valence-electron chi connectivity index (χ3n) is 6.45. The number of aromatic nitrogens is 3. The van der Waals surface area contributed by atoms with Gasteiger partial charge in [0, 0.05) is 46.3 Å². The molecule has 2 heterocycles. The van der Waals surface area contributed by atoms with Gasteiger partial charge in [-0.05, 0) is 55.0 Å². The van der Waals surface area contributed by atoms with Crippen LogP contribution in [0.2, 0.25) is 0 Å². The number of nitrogens with zero attached hydrogens (tertiary/aromatic N) is 3. The first kappa shape index (κ1) is 26.7. The van der Waals surface area contributed by atoms with Crippen molar-refractivity contribution in [2.24, 2.45) is 0 Å². The number of anilines is 2. The standard InChI is InChI=1S/C31H26F3N5O/c1-19(23-10-4-6-12-26(23)31(32,33)34)36-20(2)24-11-5-7-13-27(24)38-30-25-17-22(40-3)14-15-28(25)37-29(39-30)21-9-8-16-35-18-21/h4-19,36H,2H2,1,3H3,(H,37,38,39). The van der Waals surface area contributed by atoms with Crippen LogP contribution in [-0.2, 0) is 6.18 Å². The number of ether oxygens (including phenoxy) is 1. The molecule has 0 bridgehead atoms. The Bertz CT molecular complexity index is 1670. The second-order valence-corrected chi connectivity index (χ2v) is 9.12. The van der Waals surface area contributed by atoms with E-state index in [4.69, 9.17) is 14.7 Å². The van der Waals surface area contributed by atoms with E-state index in [0.29, 0.717) is 39.9 Å². The van der Waals surface area contributed by atoms with Crippen LogP contribution < -0.4 is 15.4 Å². The molecule has 0 aliphatic heterocycles. The Morgan fingerprint density at radius 1 is 0.950 bits per heavy atom. The van der Waals surface area contributed by atoms with Crippen LogP contribution in [0.5, 0.6) is 5.75 Å². The third-order valence-corrected chi connectivity index (χ3v) is 6.45. The molecule has 0 aliphatic carbocycles. The maximum atomic E-state index is 13.6. The second kappa shape index (κ2) is 11.1. The number of benzene rings is 3. The SMILES string of the molecule is C=C(NC(C)c1ccccc1C(F)(F)F)c1ccccc1Nc1nc(-c2cccnc2)nc2ccc(OC)cc12. The third kappa shape index (κ3) is 5.58. The number of nitrogens with one attached hydrogen (secondary N) is 2. The molecule has 1 unspecified atom stereocenters. The average Bonchev–Trinajstić information content (AvgIpc) is 2.97. The average molecular weight is 542 g/mol. The molecule has 0 saturated heterocycles. The molecule has 0 spiro atoms. The summed E-state index contributed by atoms with van der Waals surface area (Å²) in [6.07, 6.45) is -1.10. The molecule has 0 saturated carbocycles. The van der Waals surface area contributed by atoms with E-state index in [-0.39, 0.29) is 5.56 Å². The van der Waals surface area contributed by atoms with Crippen molar-refractivity contribution in [3.8, 4) is 17.1 Å². The summed E-state index contributed by atoms with van der Waals surface area (Å²) in [5, 5.41) is 7.28. The van der Waals surface area contributed by atoms with Crippen molar-refractivity contribution in [2.75, 3.05) is 12.4 Å². The van der Waals surface area contributed by atoms with Gasteiger partial charge in [0.2, 0.25) is 0 Å². The van der Waals surface area contributed by atoms with Gasteiger partial charge < -0.3 is 15.4 Å². The van der Waals surface area contributed by atoms with Crippen LogP contribution in [-0.4, -0.2) is 22.1 Å². The lowest BCUT2D eigenvalue weighted by Gasteiger charge is -2.23. The first-order chi connectivity index (χ1) is 19.2. The Morgan fingerprint density at radius 2 is 1.73 bits per heavy atom. The fourth-order valence-electron chi connectivity index (χ4n) is 4.49. The summed E-state index contributed by atoms with van der Waals surface area (Å²) in [5.74, 6) is 1.66. The van der Waals surface area contributed by atoms with Crippen molar-refractivity contribution in [3.63, 3.8) is 0 Å². The predicted molar refractivity (Wildman–Crippen MR) is 151 cm³/mol. The predicted octanol–water partition coefficient (Wildman–Crippen LogP) is 7.78. The summed E-state index contributed by atoms with van der Waals surface area (Å²) in [6.45, 7) is 5.82. The van der Waals surface area contributed by atoms with Crippen LogP contribution in [0.15, 0.2) is 97.8 Å². The molecule has 6 nitrogen and oxygen atoms in total. The van der Waals surface area contributed by atoms with E-state index in [2.05, 4.69) is 22.2 Å². The normalized spacial score (nSPS) is 12.1. The molecule has 9 heteroatoms. The van der Waals surface area contributed by atoms with Gasteiger partial charge in [-0.15, -0.1) is 0 Å². The Balaban J connectivity index is 1.51. The van der Waals surface area contributed by atoms with Gasteiger partial charge in [0.05, 0.1) is 18.2 Å². The largest absolute Gasteiger partial charge is 0.497 e. The van der Waals surface area contributed by atoms with Gasteiger partial charge in [0.15, 0.2) is 5.82 Å². The lowest BCUT2D eigenvalue weighted by atomic mass is 10.00. The van der Waals surface area contributed by atoms with E-state index in [9.17, 15) is 13.2 Å². The highest BCUT2D eigenvalue weighted by Gasteiger charge is 2.34. The minimum Gasteiger partial charge on any atom is -0.497 e. The summed E-state index contributed by atoms with van der Waals surface area (Å²) in [4.78, 5) is 13.7. The van der Waals surface area contributed by atoms with Gasteiger partial charge >= 0.3 is 6.18 Å². The fourth-order valence-corrected chi connectivity index (χ4v) is 4.49. The topological polar surface area (TPSA) is 72.0 Å². The molecular formula is C31H26F3N5O. The summed E-state index contributed by atoms with van der Waals surface area (Å²) >= 11 is 0. The van der Waals surface area contributed by atoms with E-state index in [1.54, 1.807) is 32.5 Å². The lowest BCUT2D eigenvalue weighted by Crippen LogP contribution is -2.21. The molecule has 202 valence electrons. The van der Waals surface area contributed by atoms with Gasteiger partial charge in [0.25, 0.3) is 0 Å². The highest BCUT2D eigenvalue weighted by molar-refractivity contribution is 5.94. The van der Waals surface area contributed by atoms with Crippen LogP contribution in [0, 0.1) is 0 Å². The molecule has 40 heavy (non-hydrogen) atoms. The van der Waals surface area contributed by atoms with Gasteiger partial charge in [-0.2, -0.15) is 13.2 Å². The van der Waals surface area contributed by atoms with Crippen LogP contribution in [0.1, 0.15) is 29.7 Å². The maximum absolute atomic E-state index is 13.6. The number of rotatable bonds is 8. The summed E-state index contributed by atoms with van der Waals surface area (Å²) < 4.78 is 46.3. The number of fused-ring (bicyclic) bond motifs is 1. The highest BCUT2D eigenvalue weighted by Crippen LogP contribution is 2.36. The van der Waals surface area contributed by atoms with Crippen molar-refractivity contribution in [2.45, 2.75) is 19.1 Å². The van der Waals surface area contributed by atoms with Crippen LogP contribution in [0.3, 0.4) is 0 Å². The molecule has 2 N–H and O–H groups in total. The molecule has 0 aliphatic rings. The number of pyridine rings is 1. The van der Waals surface area contributed by atoms with Crippen LogP contribution in [0.25, 0.3) is 28.0 Å². The Kier molecular flexibility index (Phi) is 7.37. The number of alkyl halides is 3. The van der Waals surface area contributed by atoms with Crippen molar-refractivity contribution >= 4 is 28.1 Å². The fraction of sp³-hybridized carbons (Fsp3) is 0.129. The van der Waals surface area contributed by atoms with E-state index < -0.39 is 17.8 Å². The number of halogens is 3. The minimum absolute atomic E-state index is 0.136. The molecule has 0 fully saturated rings. The molecule has 0 radical (unpaired) electrons. The quantitative estimate of drug-likeness (QED) is 0.209. The number of hydrogen-bond donors (Lipinski definition) is 2. The summed E-state index contributed by atoms with van der Waals surface area (Å²) in [7, 11) is 1.59. The van der Waals surface area contributed by atoms with E-state index >= 15 is 0 Å². The summed E-state index contributed by atoms with van der Waals surface area (Å²) in [6, 6.07) is 21.5. The highest BCUT2D eigenvalue weighted by atomic mass is 19.4. The van der Waals surface area contributed by atoms with Crippen LogP contribution >= 0.6 is 0 Å². The first-order valence-corrected chi connectivity index (χ1v) is 12.5. The first-order valence-electron chi connectivity index (χ1n) is 12.5. The van der Waals surface area contributed by atoms with Crippen molar-refractivity contribution in [1.82, 2.24) is 20.3 Å². The Hall–Kier alpha value is -4.92. The lowest BCUT2D eigenvalue weighted by molar-refractivity contribution is -0.138. The van der Waals surface area contributed by atoms with E-state index in [0.717, 1.165) is 17.0 Å². The molecular weight excluding hydrogens is 515 g/mol. The minimum atomic E-state index is -4.46. The molecule has 2 aromatic heterocycles. The second-order valence-electron chi connectivity index (χ2n) is 9.12. The zero-order valence-electron chi connectivity index (χ0n) is 21.8. The number of hydrogen-bond acceptors (Lipinski definition) is 6. The molecule has 5 aromatic rings. The van der Waals surface area contributed by atoms with Gasteiger partial charge in [-0.3, -0.25) is 4.98 Å². The monoisotopic (exact) mass is 541 g/mol. The molecule has 1 atom stereocenters. The number of methoxy groups -OCH3 is 1. The Labute approximate surface area is 229 Å². The van der Waals surface area contributed by atoms with Gasteiger partial charge in [-0.1, -0.05) is 43.0 Å². The smallest absolute Gasteiger partial charge is 0.416 e. The van der Waals surface area contributed by atoms with Gasteiger partial charge in [0.1, 0.15) is 11.6 Å². The maximum Gasteiger partial charge on any atom is 0.416 e. The molecule has 5 rings (SSSR count). The zero-order valence-corrected chi connectivity index (χ0v) is 21.8. The summed E-state index contributed by atoms with van der Waals surface area (Å²) in [5.41, 5.74) is 2.70. The van der Waals surface area contributed by atoms with E-state index in [1.165, 1.54) is 12.1 Å². The van der Waals surface area contributed by atoms with Crippen molar-refractivity contribution < 1.29 is 17.9 Å². The molecule has 0 amide bonds. The molecule has 3 aromatic carbocycles. The van der Waals surface area contributed by atoms with E-state index in [1.807, 2.05) is 54.6 Å². The zero-order chi connectivity index (χ0) is 28.3.